The van der Waals surface area contributed by atoms with Crippen LogP contribution in [0.5, 0.6) is 5.75 Å². The van der Waals surface area contributed by atoms with Crippen molar-refractivity contribution in [2.24, 2.45) is 0 Å². The minimum Gasteiger partial charge on any atom is -0.496 e. The summed E-state index contributed by atoms with van der Waals surface area (Å²) in [6.07, 6.45) is 0. The zero-order valence-corrected chi connectivity index (χ0v) is 16.3. The Kier molecular flexibility index (Phi) is 4.60. The molecular formula is C21H19N3O3S. The standard InChI is InChI=1S/C21H19N3O3S/c1-21(14-8-4-3-5-9-14)19(25)24(20(26)23-21)12-15-13-28-18(22-15)16-10-6-7-11-17(16)27-2/h3-11,13H,12H2,1-2H3,(H,23,26)/t21-/m0/s1. The van der Waals surface area contributed by atoms with E-state index in [1.165, 1.54) is 16.2 Å². The molecule has 6 nitrogen and oxygen atoms in total. The summed E-state index contributed by atoms with van der Waals surface area (Å²) in [5.41, 5.74) is 1.22. The van der Waals surface area contributed by atoms with Crippen LogP contribution in [0, 0.1) is 0 Å². The van der Waals surface area contributed by atoms with Crippen molar-refractivity contribution in [2.75, 3.05) is 7.11 Å². The first-order valence-electron chi connectivity index (χ1n) is 8.80. The highest BCUT2D eigenvalue weighted by Gasteiger charge is 2.48. The molecule has 2 aromatic carbocycles. The number of hydrogen-bond donors (Lipinski definition) is 1. The number of carbonyl (C=O) groups is 2. The van der Waals surface area contributed by atoms with Crippen molar-refractivity contribution in [3.63, 3.8) is 0 Å². The first-order valence-corrected chi connectivity index (χ1v) is 9.68. The summed E-state index contributed by atoms with van der Waals surface area (Å²) in [5, 5.41) is 5.46. The van der Waals surface area contributed by atoms with Crippen molar-refractivity contribution >= 4 is 23.3 Å². The number of aromatic nitrogens is 1. The number of hydrogen-bond acceptors (Lipinski definition) is 5. The third-order valence-electron chi connectivity index (χ3n) is 4.84. The summed E-state index contributed by atoms with van der Waals surface area (Å²) < 4.78 is 5.39. The summed E-state index contributed by atoms with van der Waals surface area (Å²) >= 11 is 1.45. The first-order chi connectivity index (χ1) is 13.5. The largest absolute Gasteiger partial charge is 0.496 e. The number of carbonyl (C=O) groups excluding carboxylic acids is 2. The maximum Gasteiger partial charge on any atom is 0.325 e. The minimum absolute atomic E-state index is 0.124. The zero-order valence-electron chi connectivity index (χ0n) is 15.5. The van der Waals surface area contributed by atoms with Gasteiger partial charge in [0.05, 0.1) is 24.9 Å². The quantitative estimate of drug-likeness (QED) is 0.670. The molecule has 3 amide bonds. The smallest absolute Gasteiger partial charge is 0.325 e. The van der Waals surface area contributed by atoms with Crippen molar-refractivity contribution < 1.29 is 14.3 Å². The molecule has 1 aromatic heterocycles. The zero-order chi connectivity index (χ0) is 19.7. The van der Waals surface area contributed by atoms with Crippen LogP contribution < -0.4 is 10.1 Å². The van der Waals surface area contributed by atoms with E-state index in [-0.39, 0.29) is 12.5 Å². The van der Waals surface area contributed by atoms with Gasteiger partial charge in [-0.15, -0.1) is 11.3 Å². The van der Waals surface area contributed by atoms with Crippen molar-refractivity contribution in [1.82, 2.24) is 15.2 Å². The molecule has 0 spiro atoms. The van der Waals surface area contributed by atoms with Crippen LogP contribution in [-0.2, 0) is 16.9 Å². The third kappa shape index (κ3) is 3.03. The molecule has 2 heterocycles. The van der Waals surface area contributed by atoms with Gasteiger partial charge in [-0.1, -0.05) is 42.5 Å². The Balaban J connectivity index is 1.58. The van der Waals surface area contributed by atoms with E-state index in [1.54, 1.807) is 14.0 Å². The number of methoxy groups -OCH3 is 1. The molecule has 0 aliphatic carbocycles. The van der Waals surface area contributed by atoms with Gasteiger partial charge in [-0.3, -0.25) is 9.69 Å². The normalized spacial score (nSPS) is 19.0. The number of thiazole rings is 1. The van der Waals surface area contributed by atoms with Gasteiger partial charge in [0, 0.05) is 5.38 Å². The molecule has 28 heavy (non-hydrogen) atoms. The fourth-order valence-electron chi connectivity index (χ4n) is 3.29. The van der Waals surface area contributed by atoms with E-state index in [0.717, 1.165) is 21.9 Å². The molecule has 7 heteroatoms. The van der Waals surface area contributed by atoms with Crippen molar-refractivity contribution in [3.8, 4) is 16.3 Å². The molecule has 1 aliphatic heterocycles. The van der Waals surface area contributed by atoms with Crippen LogP contribution in [-0.4, -0.2) is 28.9 Å². The molecule has 142 valence electrons. The van der Waals surface area contributed by atoms with Gasteiger partial charge in [0.2, 0.25) is 0 Å². The molecule has 1 N–H and O–H groups in total. The summed E-state index contributed by atoms with van der Waals surface area (Å²) in [6.45, 7) is 1.85. The van der Waals surface area contributed by atoms with Crippen LogP contribution >= 0.6 is 11.3 Å². The Morgan fingerprint density at radius 2 is 1.82 bits per heavy atom. The van der Waals surface area contributed by atoms with Crippen LogP contribution in [0.2, 0.25) is 0 Å². The number of nitrogens with one attached hydrogen (secondary N) is 1. The van der Waals surface area contributed by atoms with E-state index >= 15 is 0 Å². The number of benzene rings is 2. The van der Waals surface area contributed by atoms with Crippen LogP contribution in [0.1, 0.15) is 18.2 Å². The molecule has 1 fully saturated rings. The lowest BCUT2D eigenvalue weighted by Crippen LogP contribution is -2.40. The lowest BCUT2D eigenvalue weighted by molar-refractivity contribution is -0.131. The van der Waals surface area contributed by atoms with Gasteiger partial charge in [0.1, 0.15) is 16.3 Å². The maximum absolute atomic E-state index is 13.0. The summed E-state index contributed by atoms with van der Waals surface area (Å²) in [6, 6.07) is 16.5. The number of imide groups is 1. The van der Waals surface area contributed by atoms with E-state index in [9.17, 15) is 9.59 Å². The molecule has 4 rings (SSSR count). The van der Waals surface area contributed by atoms with Gasteiger partial charge in [0.15, 0.2) is 0 Å². The topological polar surface area (TPSA) is 71.5 Å². The van der Waals surface area contributed by atoms with Gasteiger partial charge in [-0.05, 0) is 24.6 Å². The second kappa shape index (κ2) is 7.09. The highest BCUT2D eigenvalue weighted by molar-refractivity contribution is 7.13. The number of rotatable bonds is 5. The Bertz CT molecular complexity index is 1030. The Hall–Kier alpha value is -3.19. The van der Waals surface area contributed by atoms with Crippen LogP contribution in [0.15, 0.2) is 60.0 Å². The maximum atomic E-state index is 13.0. The summed E-state index contributed by atoms with van der Waals surface area (Å²) in [4.78, 5) is 31.3. The average Bonchev–Trinajstić information content (AvgIpc) is 3.28. The van der Waals surface area contributed by atoms with Crippen LogP contribution in [0.25, 0.3) is 10.6 Å². The number of urea groups is 1. The number of amides is 3. The molecule has 1 saturated heterocycles. The molecule has 3 aromatic rings. The second-order valence-corrected chi connectivity index (χ2v) is 7.51. The number of nitrogens with zero attached hydrogens (tertiary/aromatic N) is 2. The molecular weight excluding hydrogens is 374 g/mol. The van der Waals surface area contributed by atoms with Crippen LogP contribution in [0.3, 0.4) is 0 Å². The molecule has 1 aliphatic rings. The molecule has 1 atom stereocenters. The SMILES string of the molecule is COc1ccccc1-c1nc(CN2C(=O)N[C@@](C)(c3ccccc3)C2=O)cs1. The summed E-state index contributed by atoms with van der Waals surface area (Å²) in [5.74, 6) is 0.450. The highest BCUT2D eigenvalue weighted by Crippen LogP contribution is 2.33. The van der Waals surface area contributed by atoms with Crippen molar-refractivity contribution in [3.05, 3.63) is 71.2 Å². The molecule has 0 bridgehead atoms. The lowest BCUT2D eigenvalue weighted by Gasteiger charge is -2.21. The molecule has 0 saturated carbocycles. The number of para-hydroxylation sites is 1. The third-order valence-corrected chi connectivity index (χ3v) is 5.76. The van der Waals surface area contributed by atoms with Gasteiger partial charge < -0.3 is 10.1 Å². The average molecular weight is 393 g/mol. The molecule has 0 unspecified atom stereocenters. The van der Waals surface area contributed by atoms with E-state index in [2.05, 4.69) is 10.3 Å². The van der Waals surface area contributed by atoms with Gasteiger partial charge >= 0.3 is 6.03 Å². The monoisotopic (exact) mass is 393 g/mol. The highest BCUT2D eigenvalue weighted by atomic mass is 32.1. The lowest BCUT2D eigenvalue weighted by atomic mass is 9.92. The van der Waals surface area contributed by atoms with Gasteiger partial charge in [-0.2, -0.15) is 0 Å². The minimum atomic E-state index is -1.07. The Labute approximate surface area is 166 Å². The van der Waals surface area contributed by atoms with Gasteiger partial charge in [-0.25, -0.2) is 9.78 Å². The van der Waals surface area contributed by atoms with E-state index in [1.807, 2.05) is 60.0 Å². The van der Waals surface area contributed by atoms with E-state index in [4.69, 9.17) is 4.74 Å². The molecule has 0 radical (unpaired) electrons. The fourth-order valence-corrected chi connectivity index (χ4v) is 4.13. The van der Waals surface area contributed by atoms with E-state index in [0.29, 0.717) is 5.69 Å². The second-order valence-electron chi connectivity index (χ2n) is 6.66. The Morgan fingerprint density at radius 3 is 2.57 bits per heavy atom. The van der Waals surface area contributed by atoms with Crippen molar-refractivity contribution in [1.29, 1.82) is 0 Å². The van der Waals surface area contributed by atoms with Gasteiger partial charge in [0.25, 0.3) is 5.91 Å². The van der Waals surface area contributed by atoms with E-state index < -0.39 is 11.6 Å². The predicted molar refractivity (Wildman–Crippen MR) is 107 cm³/mol. The van der Waals surface area contributed by atoms with Crippen LogP contribution in [0.4, 0.5) is 4.79 Å². The summed E-state index contributed by atoms with van der Waals surface area (Å²) in [7, 11) is 1.62. The Morgan fingerprint density at radius 1 is 1.11 bits per heavy atom. The van der Waals surface area contributed by atoms with Crippen molar-refractivity contribution in [2.45, 2.75) is 19.0 Å². The number of ether oxygens (including phenoxy) is 1. The fraction of sp³-hybridized carbons (Fsp3) is 0.190. The first kappa shape index (κ1) is 18.2. The predicted octanol–water partition coefficient (Wildman–Crippen LogP) is 3.79.